The number of benzene rings is 1. The monoisotopic (exact) mass is 232 g/mol. The Morgan fingerprint density at radius 2 is 1.65 bits per heavy atom. The highest BCUT2D eigenvalue weighted by Gasteiger charge is 2.23. The summed E-state index contributed by atoms with van der Waals surface area (Å²) in [4.78, 5) is 4.98. The summed E-state index contributed by atoms with van der Waals surface area (Å²) in [6.07, 6.45) is 5.37. The molecular formula is C15H24N2. The number of hydrogen-bond acceptors (Lipinski definition) is 2. The molecule has 2 heteroatoms. The SMILES string of the molecule is CCCCCCN1CN(CC)c2ccccc21. The van der Waals surface area contributed by atoms with Crippen LogP contribution in [-0.4, -0.2) is 19.8 Å². The second-order valence-corrected chi connectivity index (χ2v) is 4.81. The van der Waals surface area contributed by atoms with E-state index in [1.807, 2.05) is 0 Å². The molecule has 0 spiro atoms. The first-order valence-electron chi connectivity index (χ1n) is 6.95. The van der Waals surface area contributed by atoms with E-state index in [0.29, 0.717) is 0 Å². The summed E-state index contributed by atoms with van der Waals surface area (Å²) in [6, 6.07) is 8.79. The Kier molecular flexibility index (Phi) is 4.29. The third-order valence-electron chi connectivity index (χ3n) is 3.57. The quantitative estimate of drug-likeness (QED) is 0.687. The average Bonchev–Trinajstić information content (AvgIpc) is 2.73. The first kappa shape index (κ1) is 12.3. The van der Waals surface area contributed by atoms with Crippen LogP contribution in [-0.2, 0) is 0 Å². The van der Waals surface area contributed by atoms with Crippen molar-refractivity contribution in [3.63, 3.8) is 0 Å². The molecule has 17 heavy (non-hydrogen) atoms. The van der Waals surface area contributed by atoms with Gasteiger partial charge in [0.1, 0.15) is 0 Å². The molecule has 0 radical (unpaired) electrons. The van der Waals surface area contributed by atoms with E-state index in [0.717, 1.165) is 13.2 Å². The lowest BCUT2D eigenvalue weighted by molar-refractivity contribution is 0.646. The van der Waals surface area contributed by atoms with Gasteiger partial charge in [0, 0.05) is 13.1 Å². The molecule has 1 aromatic rings. The van der Waals surface area contributed by atoms with Crippen LogP contribution in [0.25, 0.3) is 0 Å². The van der Waals surface area contributed by atoms with Crippen LogP contribution < -0.4 is 9.80 Å². The largest absolute Gasteiger partial charge is 0.352 e. The molecule has 94 valence electrons. The van der Waals surface area contributed by atoms with Crippen molar-refractivity contribution in [3.8, 4) is 0 Å². The summed E-state index contributed by atoms with van der Waals surface area (Å²) in [6.45, 7) is 7.87. The van der Waals surface area contributed by atoms with E-state index < -0.39 is 0 Å². The number of anilines is 2. The zero-order valence-corrected chi connectivity index (χ0v) is 11.2. The molecule has 2 rings (SSSR count). The Bertz CT molecular complexity index is 349. The van der Waals surface area contributed by atoms with Gasteiger partial charge in [-0.2, -0.15) is 0 Å². The molecule has 2 nitrogen and oxygen atoms in total. The number of nitrogens with zero attached hydrogens (tertiary/aromatic N) is 2. The van der Waals surface area contributed by atoms with Crippen LogP contribution in [0.2, 0.25) is 0 Å². The Balaban J connectivity index is 1.96. The van der Waals surface area contributed by atoms with Crippen LogP contribution >= 0.6 is 0 Å². The van der Waals surface area contributed by atoms with E-state index in [1.165, 1.54) is 43.6 Å². The lowest BCUT2D eigenvalue weighted by atomic mass is 10.2. The maximum absolute atomic E-state index is 2.52. The fraction of sp³-hybridized carbons (Fsp3) is 0.600. The number of unbranched alkanes of at least 4 members (excludes halogenated alkanes) is 3. The summed E-state index contributed by atoms with van der Waals surface area (Å²) < 4.78 is 0. The molecule has 1 heterocycles. The first-order chi connectivity index (χ1) is 8.36. The first-order valence-corrected chi connectivity index (χ1v) is 6.95. The lowest BCUT2D eigenvalue weighted by Gasteiger charge is -2.20. The molecule has 0 fully saturated rings. The fourth-order valence-electron chi connectivity index (χ4n) is 2.55. The summed E-state index contributed by atoms with van der Waals surface area (Å²) in [5, 5.41) is 0. The lowest BCUT2D eigenvalue weighted by Crippen LogP contribution is -2.31. The van der Waals surface area contributed by atoms with Gasteiger partial charge < -0.3 is 9.80 Å². The van der Waals surface area contributed by atoms with Gasteiger partial charge in [0.15, 0.2) is 0 Å². The molecule has 1 aliphatic rings. The van der Waals surface area contributed by atoms with Crippen LogP contribution in [0.4, 0.5) is 11.4 Å². The molecule has 0 saturated heterocycles. The van der Waals surface area contributed by atoms with Crippen molar-refractivity contribution in [2.45, 2.75) is 39.5 Å². The average molecular weight is 232 g/mol. The molecular weight excluding hydrogens is 208 g/mol. The van der Waals surface area contributed by atoms with Gasteiger partial charge in [-0.25, -0.2) is 0 Å². The number of para-hydroxylation sites is 2. The summed E-state index contributed by atoms with van der Waals surface area (Å²) >= 11 is 0. The van der Waals surface area contributed by atoms with E-state index in [9.17, 15) is 0 Å². The van der Waals surface area contributed by atoms with Crippen LogP contribution in [0, 0.1) is 0 Å². The minimum absolute atomic E-state index is 1.07. The zero-order valence-electron chi connectivity index (χ0n) is 11.2. The molecule has 0 aliphatic carbocycles. The Morgan fingerprint density at radius 3 is 2.29 bits per heavy atom. The van der Waals surface area contributed by atoms with Crippen molar-refractivity contribution in [2.24, 2.45) is 0 Å². The highest BCUT2D eigenvalue weighted by Crippen LogP contribution is 2.35. The Labute approximate surface area is 105 Å². The van der Waals surface area contributed by atoms with E-state index in [2.05, 4.69) is 47.9 Å². The van der Waals surface area contributed by atoms with Crippen LogP contribution in [0.5, 0.6) is 0 Å². The predicted molar refractivity (Wildman–Crippen MR) is 75.8 cm³/mol. The molecule has 1 aliphatic heterocycles. The van der Waals surface area contributed by atoms with E-state index in [4.69, 9.17) is 0 Å². The zero-order chi connectivity index (χ0) is 12.1. The second kappa shape index (κ2) is 5.95. The van der Waals surface area contributed by atoms with Crippen molar-refractivity contribution >= 4 is 11.4 Å². The third-order valence-corrected chi connectivity index (χ3v) is 3.57. The van der Waals surface area contributed by atoms with Crippen molar-refractivity contribution in [1.82, 2.24) is 0 Å². The molecule has 0 atom stereocenters. The minimum atomic E-state index is 1.07. The summed E-state index contributed by atoms with van der Waals surface area (Å²) in [7, 11) is 0. The minimum Gasteiger partial charge on any atom is -0.352 e. The van der Waals surface area contributed by atoms with Crippen LogP contribution in [0.15, 0.2) is 24.3 Å². The van der Waals surface area contributed by atoms with Crippen LogP contribution in [0.3, 0.4) is 0 Å². The standard InChI is InChI=1S/C15H24N2/c1-3-5-6-9-12-17-13-16(4-2)14-10-7-8-11-15(14)17/h7-8,10-11H,3-6,9,12-13H2,1-2H3. The maximum atomic E-state index is 2.52. The normalized spacial score (nSPS) is 14.2. The highest BCUT2D eigenvalue weighted by atomic mass is 15.4. The predicted octanol–water partition coefficient (Wildman–Crippen LogP) is 3.87. The number of hydrogen-bond donors (Lipinski definition) is 0. The van der Waals surface area contributed by atoms with Gasteiger partial charge in [-0.05, 0) is 25.5 Å². The van der Waals surface area contributed by atoms with Crippen molar-refractivity contribution in [1.29, 1.82) is 0 Å². The van der Waals surface area contributed by atoms with E-state index in [1.54, 1.807) is 0 Å². The fourth-order valence-corrected chi connectivity index (χ4v) is 2.55. The van der Waals surface area contributed by atoms with Gasteiger partial charge in [0.25, 0.3) is 0 Å². The molecule has 1 aromatic carbocycles. The van der Waals surface area contributed by atoms with Gasteiger partial charge >= 0.3 is 0 Å². The van der Waals surface area contributed by atoms with Crippen molar-refractivity contribution in [3.05, 3.63) is 24.3 Å². The summed E-state index contributed by atoms with van der Waals surface area (Å²) in [5.74, 6) is 0. The second-order valence-electron chi connectivity index (χ2n) is 4.81. The van der Waals surface area contributed by atoms with Crippen LogP contribution in [0.1, 0.15) is 39.5 Å². The number of rotatable bonds is 6. The number of fused-ring (bicyclic) bond motifs is 1. The molecule has 0 N–H and O–H groups in total. The van der Waals surface area contributed by atoms with Gasteiger partial charge in [0.05, 0.1) is 18.0 Å². The molecule has 0 unspecified atom stereocenters. The molecule has 0 amide bonds. The topological polar surface area (TPSA) is 6.48 Å². The van der Waals surface area contributed by atoms with Gasteiger partial charge in [-0.3, -0.25) is 0 Å². The molecule has 0 bridgehead atoms. The molecule has 0 saturated carbocycles. The van der Waals surface area contributed by atoms with E-state index in [-0.39, 0.29) is 0 Å². The van der Waals surface area contributed by atoms with Crippen molar-refractivity contribution in [2.75, 3.05) is 29.6 Å². The summed E-state index contributed by atoms with van der Waals surface area (Å²) in [5.41, 5.74) is 2.83. The Hall–Kier alpha value is -1.18. The van der Waals surface area contributed by atoms with Gasteiger partial charge in [-0.15, -0.1) is 0 Å². The maximum Gasteiger partial charge on any atom is 0.0904 e. The highest BCUT2D eigenvalue weighted by molar-refractivity contribution is 5.76. The van der Waals surface area contributed by atoms with Crippen molar-refractivity contribution < 1.29 is 0 Å². The third kappa shape index (κ3) is 2.74. The van der Waals surface area contributed by atoms with Gasteiger partial charge in [0.2, 0.25) is 0 Å². The molecule has 0 aromatic heterocycles. The van der Waals surface area contributed by atoms with E-state index >= 15 is 0 Å². The Morgan fingerprint density at radius 1 is 0.941 bits per heavy atom. The smallest absolute Gasteiger partial charge is 0.0904 e. The van der Waals surface area contributed by atoms with Gasteiger partial charge in [-0.1, -0.05) is 38.3 Å².